The molecule has 2 rings (SSSR count). The second kappa shape index (κ2) is 3.57. The van der Waals surface area contributed by atoms with Gasteiger partial charge in [-0.2, -0.15) is 0 Å². The van der Waals surface area contributed by atoms with Gasteiger partial charge in [-0.25, -0.2) is 4.98 Å². The highest BCUT2D eigenvalue weighted by atomic mass is 35.5. The standard InChI is InChI=1S/C9H10ClN3O/c10-6-2-9-8(12-4-13-9)1-5(6)7(11)3-14/h1-2,4,7,14H,3,11H2,(H,12,13). The summed E-state index contributed by atoms with van der Waals surface area (Å²) in [5.41, 5.74) is 8.08. The van der Waals surface area contributed by atoms with E-state index < -0.39 is 6.04 Å². The molecule has 0 spiro atoms. The summed E-state index contributed by atoms with van der Waals surface area (Å²) < 4.78 is 0. The predicted octanol–water partition coefficient (Wildman–Crippen LogP) is 1.21. The minimum Gasteiger partial charge on any atom is -0.394 e. The van der Waals surface area contributed by atoms with Crippen LogP contribution in [0.2, 0.25) is 5.02 Å². The van der Waals surface area contributed by atoms with Crippen LogP contribution in [0.1, 0.15) is 11.6 Å². The van der Waals surface area contributed by atoms with Crippen molar-refractivity contribution in [1.29, 1.82) is 0 Å². The number of nitrogens with zero attached hydrogens (tertiary/aromatic N) is 1. The van der Waals surface area contributed by atoms with Crippen molar-refractivity contribution < 1.29 is 5.11 Å². The Labute approximate surface area is 85.7 Å². The van der Waals surface area contributed by atoms with Crippen LogP contribution in [0.5, 0.6) is 0 Å². The Bertz CT molecular complexity index is 454. The van der Waals surface area contributed by atoms with Crippen LogP contribution >= 0.6 is 11.6 Å². The minimum absolute atomic E-state index is 0.126. The van der Waals surface area contributed by atoms with E-state index in [1.807, 2.05) is 6.07 Å². The van der Waals surface area contributed by atoms with Gasteiger partial charge in [0.2, 0.25) is 0 Å². The zero-order valence-electron chi connectivity index (χ0n) is 7.37. The molecular weight excluding hydrogens is 202 g/mol. The van der Waals surface area contributed by atoms with Crippen molar-refractivity contribution in [2.75, 3.05) is 6.61 Å². The smallest absolute Gasteiger partial charge is 0.0931 e. The molecule has 0 fully saturated rings. The van der Waals surface area contributed by atoms with Gasteiger partial charge in [-0.05, 0) is 17.7 Å². The Morgan fingerprint density at radius 2 is 2.36 bits per heavy atom. The van der Waals surface area contributed by atoms with E-state index in [1.165, 1.54) is 0 Å². The summed E-state index contributed by atoms with van der Waals surface area (Å²) in [5.74, 6) is 0. The molecule has 2 aromatic rings. The second-order valence-electron chi connectivity index (χ2n) is 3.08. The first kappa shape index (κ1) is 9.45. The van der Waals surface area contributed by atoms with Crippen LogP contribution in [0.3, 0.4) is 0 Å². The first-order valence-electron chi connectivity index (χ1n) is 4.21. The Morgan fingerprint density at radius 3 is 3.07 bits per heavy atom. The number of aromatic amines is 1. The maximum atomic E-state index is 8.93. The van der Waals surface area contributed by atoms with Crippen molar-refractivity contribution in [3.63, 3.8) is 0 Å². The Morgan fingerprint density at radius 1 is 1.57 bits per heavy atom. The summed E-state index contributed by atoms with van der Waals surface area (Å²) in [6.07, 6.45) is 1.59. The van der Waals surface area contributed by atoms with Gasteiger partial charge in [0.25, 0.3) is 0 Å². The van der Waals surface area contributed by atoms with Gasteiger partial charge in [0, 0.05) is 5.02 Å². The molecule has 0 aliphatic heterocycles. The summed E-state index contributed by atoms with van der Waals surface area (Å²) in [6.45, 7) is -0.126. The van der Waals surface area contributed by atoms with Gasteiger partial charge in [0.15, 0.2) is 0 Å². The maximum absolute atomic E-state index is 8.93. The number of hydrogen-bond acceptors (Lipinski definition) is 3. The SMILES string of the molecule is NC(CO)c1cc2[nH]cnc2cc1Cl. The van der Waals surface area contributed by atoms with E-state index in [-0.39, 0.29) is 6.61 Å². The number of nitrogens with two attached hydrogens (primary N) is 1. The number of fused-ring (bicyclic) bond motifs is 1. The minimum atomic E-state index is -0.449. The normalized spacial score (nSPS) is 13.4. The first-order chi connectivity index (χ1) is 6.72. The van der Waals surface area contributed by atoms with Gasteiger partial charge in [-0.3, -0.25) is 0 Å². The molecule has 74 valence electrons. The van der Waals surface area contributed by atoms with E-state index in [9.17, 15) is 0 Å². The fourth-order valence-electron chi connectivity index (χ4n) is 1.36. The van der Waals surface area contributed by atoms with E-state index in [4.69, 9.17) is 22.4 Å². The molecule has 0 aliphatic rings. The van der Waals surface area contributed by atoms with Crippen LogP contribution in [0, 0.1) is 0 Å². The first-order valence-corrected chi connectivity index (χ1v) is 4.59. The maximum Gasteiger partial charge on any atom is 0.0931 e. The van der Waals surface area contributed by atoms with Crippen LogP contribution < -0.4 is 5.73 Å². The number of aliphatic hydroxyl groups excluding tert-OH is 1. The molecule has 1 heterocycles. The second-order valence-corrected chi connectivity index (χ2v) is 3.49. The number of rotatable bonds is 2. The third-order valence-corrected chi connectivity index (χ3v) is 2.46. The van der Waals surface area contributed by atoms with Crippen LogP contribution in [0.4, 0.5) is 0 Å². The highest BCUT2D eigenvalue weighted by Gasteiger charge is 2.11. The Hall–Kier alpha value is -1.10. The summed E-state index contributed by atoms with van der Waals surface area (Å²) in [5, 5.41) is 9.46. The van der Waals surface area contributed by atoms with Crippen molar-refractivity contribution in [2.45, 2.75) is 6.04 Å². The lowest BCUT2D eigenvalue weighted by Gasteiger charge is -2.10. The number of aliphatic hydroxyl groups is 1. The molecule has 4 nitrogen and oxygen atoms in total. The molecule has 1 unspecified atom stereocenters. The van der Waals surface area contributed by atoms with E-state index in [0.717, 1.165) is 16.6 Å². The van der Waals surface area contributed by atoms with Crippen molar-refractivity contribution in [3.05, 3.63) is 29.0 Å². The number of nitrogens with one attached hydrogen (secondary N) is 1. The summed E-state index contributed by atoms with van der Waals surface area (Å²) in [7, 11) is 0. The molecule has 0 bridgehead atoms. The Kier molecular flexibility index (Phi) is 2.41. The van der Waals surface area contributed by atoms with E-state index in [2.05, 4.69) is 9.97 Å². The highest BCUT2D eigenvalue weighted by molar-refractivity contribution is 6.32. The number of benzene rings is 1. The van der Waals surface area contributed by atoms with Gasteiger partial charge in [0.1, 0.15) is 0 Å². The topological polar surface area (TPSA) is 74.9 Å². The molecule has 5 heteroatoms. The van der Waals surface area contributed by atoms with Gasteiger partial charge >= 0.3 is 0 Å². The predicted molar refractivity (Wildman–Crippen MR) is 55.1 cm³/mol. The van der Waals surface area contributed by atoms with E-state index in [1.54, 1.807) is 12.4 Å². The molecule has 0 saturated heterocycles. The monoisotopic (exact) mass is 211 g/mol. The number of halogens is 1. The molecule has 4 N–H and O–H groups in total. The van der Waals surface area contributed by atoms with Gasteiger partial charge in [-0.1, -0.05) is 11.6 Å². The van der Waals surface area contributed by atoms with E-state index >= 15 is 0 Å². The lowest BCUT2D eigenvalue weighted by Crippen LogP contribution is -2.14. The zero-order chi connectivity index (χ0) is 10.1. The molecule has 1 aromatic heterocycles. The molecule has 0 aliphatic carbocycles. The van der Waals surface area contributed by atoms with Gasteiger partial charge in [-0.15, -0.1) is 0 Å². The lowest BCUT2D eigenvalue weighted by atomic mass is 10.1. The molecule has 0 radical (unpaired) electrons. The third-order valence-electron chi connectivity index (χ3n) is 2.13. The molecule has 1 aromatic carbocycles. The molecule has 0 amide bonds. The molecule has 0 saturated carbocycles. The molecule has 1 atom stereocenters. The molecule has 14 heavy (non-hydrogen) atoms. The summed E-state index contributed by atoms with van der Waals surface area (Å²) in [4.78, 5) is 7.02. The summed E-state index contributed by atoms with van der Waals surface area (Å²) in [6, 6.07) is 3.10. The van der Waals surface area contributed by atoms with E-state index in [0.29, 0.717) is 5.02 Å². The number of imidazole rings is 1. The van der Waals surface area contributed by atoms with Crippen LogP contribution in [-0.2, 0) is 0 Å². The summed E-state index contributed by atoms with van der Waals surface area (Å²) >= 11 is 5.99. The lowest BCUT2D eigenvalue weighted by molar-refractivity contribution is 0.268. The average Bonchev–Trinajstić information content (AvgIpc) is 2.62. The fourth-order valence-corrected chi connectivity index (χ4v) is 1.65. The largest absolute Gasteiger partial charge is 0.394 e. The van der Waals surface area contributed by atoms with Gasteiger partial charge < -0.3 is 15.8 Å². The third kappa shape index (κ3) is 1.48. The highest BCUT2D eigenvalue weighted by Crippen LogP contribution is 2.25. The van der Waals surface area contributed by atoms with Crippen LogP contribution in [0.15, 0.2) is 18.5 Å². The number of H-pyrrole nitrogens is 1. The van der Waals surface area contributed by atoms with Crippen molar-refractivity contribution in [3.8, 4) is 0 Å². The Balaban J connectivity index is 2.58. The quantitative estimate of drug-likeness (QED) is 0.699. The van der Waals surface area contributed by atoms with Crippen molar-refractivity contribution >= 4 is 22.6 Å². The number of aromatic nitrogens is 2. The zero-order valence-corrected chi connectivity index (χ0v) is 8.12. The van der Waals surface area contributed by atoms with Crippen LogP contribution in [0.25, 0.3) is 11.0 Å². The molecular formula is C9H10ClN3O. The fraction of sp³-hybridized carbons (Fsp3) is 0.222. The van der Waals surface area contributed by atoms with Crippen LogP contribution in [-0.4, -0.2) is 21.7 Å². The van der Waals surface area contributed by atoms with Crippen molar-refractivity contribution in [1.82, 2.24) is 9.97 Å². The van der Waals surface area contributed by atoms with Crippen molar-refractivity contribution in [2.24, 2.45) is 5.73 Å². The number of hydrogen-bond donors (Lipinski definition) is 3. The average molecular weight is 212 g/mol. The van der Waals surface area contributed by atoms with Gasteiger partial charge in [0.05, 0.1) is 30.0 Å².